The molecule has 0 unspecified atom stereocenters. The van der Waals surface area contributed by atoms with Crippen LogP contribution >= 0.6 is 11.6 Å². The lowest BCUT2D eigenvalue weighted by Crippen LogP contribution is -2.24. The molecule has 0 fully saturated rings. The van der Waals surface area contributed by atoms with E-state index < -0.39 is 0 Å². The highest BCUT2D eigenvalue weighted by Crippen LogP contribution is 2.26. The van der Waals surface area contributed by atoms with E-state index in [1.807, 2.05) is 24.3 Å². The van der Waals surface area contributed by atoms with Crippen LogP contribution in [0.1, 0.15) is 12.0 Å². The number of nitrogens with two attached hydrogens (primary N) is 1. The molecular formula is C17H19ClFNO. The van der Waals surface area contributed by atoms with Gasteiger partial charge in [-0.2, -0.15) is 0 Å². The summed E-state index contributed by atoms with van der Waals surface area (Å²) in [4.78, 5) is 0. The first-order valence-electron chi connectivity index (χ1n) is 6.89. The number of hydrogen-bond acceptors (Lipinski definition) is 2. The van der Waals surface area contributed by atoms with Gasteiger partial charge in [0, 0.05) is 30.3 Å². The summed E-state index contributed by atoms with van der Waals surface area (Å²) in [5.41, 5.74) is 8.48. The normalized spacial score (nSPS) is 12.4. The fourth-order valence-corrected chi connectivity index (χ4v) is 2.39. The second-order valence-electron chi connectivity index (χ2n) is 5.07. The van der Waals surface area contributed by atoms with E-state index in [0.717, 1.165) is 24.0 Å². The molecule has 2 aromatic rings. The Labute approximate surface area is 129 Å². The van der Waals surface area contributed by atoms with Crippen molar-refractivity contribution in [1.82, 2.24) is 0 Å². The highest BCUT2D eigenvalue weighted by atomic mass is 35.5. The van der Waals surface area contributed by atoms with Crippen LogP contribution in [0.2, 0.25) is 5.02 Å². The molecule has 112 valence electrons. The van der Waals surface area contributed by atoms with E-state index in [1.54, 1.807) is 19.2 Å². The molecule has 0 aromatic heterocycles. The van der Waals surface area contributed by atoms with Gasteiger partial charge in [0.25, 0.3) is 0 Å². The largest absolute Gasteiger partial charge is 0.385 e. The van der Waals surface area contributed by atoms with Crippen LogP contribution in [0.25, 0.3) is 11.1 Å². The van der Waals surface area contributed by atoms with Gasteiger partial charge in [0.1, 0.15) is 5.82 Å². The predicted molar refractivity (Wildman–Crippen MR) is 85.0 cm³/mol. The molecular weight excluding hydrogens is 289 g/mol. The zero-order valence-corrected chi connectivity index (χ0v) is 12.7. The first kappa shape index (κ1) is 16.0. The van der Waals surface area contributed by atoms with Crippen molar-refractivity contribution < 1.29 is 9.13 Å². The van der Waals surface area contributed by atoms with Crippen molar-refractivity contribution in [1.29, 1.82) is 0 Å². The van der Waals surface area contributed by atoms with Gasteiger partial charge in [-0.3, -0.25) is 0 Å². The molecule has 0 aliphatic heterocycles. The van der Waals surface area contributed by atoms with Gasteiger partial charge in [0.05, 0.1) is 0 Å². The maximum Gasteiger partial charge on any atom is 0.131 e. The quantitative estimate of drug-likeness (QED) is 0.873. The number of hydrogen-bond donors (Lipinski definition) is 1. The number of rotatable bonds is 6. The minimum absolute atomic E-state index is 0.0682. The second-order valence-corrected chi connectivity index (χ2v) is 5.50. The van der Waals surface area contributed by atoms with Gasteiger partial charge in [-0.15, -0.1) is 0 Å². The van der Waals surface area contributed by atoms with E-state index in [4.69, 9.17) is 22.1 Å². The second kappa shape index (κ2) is 7.55. The molecule has 0 aliphatic rings. The summed E-state index contributed by atoms with van der Waals surface area (Å²) in [6.07, 6.45) is 1.60. The molecule has 2 nitrogen and oxygen atoms in total. The van der Waals surface area contributed by atoms with E-state index in [1.165, 1.54) is 6.07 Å². The number of methoxy groups -OCH3 is 1. The molecule has 0 spiro atoms. The minimum atomic E-state index is -0.274. The van der Waals surface area contributed by atoms with Crippen molar-refractivity contribution in [2.45, 2.75) is 18.9 Å². The molecule has 0 heterocycles. The topological polar surface area (TPSA) is 35.2 Å². The first-order chi connectivity index (χ1) is 10.1. The Morgan fingerprint density at radius 2 is 1.90 bits per heavy atom. The number of benzene rings is 2. The molecule has 1 atom stereocenters. The molecule has 0 saturated carbocycles. The molecule has 0 amide bonds. The highest BCUT2D eigenvalue weighted by molar-refractivity contribution is 6.30. The average Bonchev–Trinajstić information content (AvgIpc) is 2.48. The summed E-state index contributed by atoms with van der Waals surface area (Å²) in [5, 5.41) is 0.525. The van der Waals surface area contributed by atoms with Gasteiger partial charge in [0.2, 0.25) is 0 Å². The van der Waals surface area contributed by atoms with Crippen LogP contribution in [0, 0.1) is 5.82 Å². The molecule has 21 heavy (non-hydrogen) atoms. The van der Waals surface area contributed by atoms with Crippen LogP contribution in [0.15, 0.2) is 42.5 Å². The number of halogens is 2. The zero-order valence-electron chi connectivity index (χ0n) is 12.0. The van der Waals surface area contributed by atoms with Crippen LogP contribution in [0.4, 0.5) is 4.39 Å². The van der Waals surface area contributed by atoms with Gasteiger partial charge >= 0.3 is 0 Å². The van der Waals surface area contributed by atoms with E-state index in [-0.39, 0.29) is 11.9 Å². The Morgan fingerprint density at radius 1 is 1.19 bits per heavy atom. The van der Waals surface area contributed by atoms with Crippen LogP contribution in [-0.2, 0) is 11.2 Å². The zero-order chi connectivity index (χ0) is 15.2. The van der Waals surface area contributed by atoms with Crippen molar-refractivity contribution >= 4 is 11.6 Å². The minimum Gasteiger partial charge on any atom is -0.385 e. The average molecular weight is 308 g/mol. The Hall–Kier alpha value is -1.42. The van der Waals surface area contributed by atoms with Crippen LogP contribution in [0.3, 0.4) is 0 Å². The molecule has 0 aliphatic carbocycles. The third-order valence-electron chi connectivity index (χ3n) is 3.38. The predicted octanol–water partition coefficient (Wildman–Crippen LogP) is 4.05. The fourth-order valence-electron chi connectivity index (χ4n) is 2.21. The SMILES string of the molecule is COCC[C@H](N)Cc1ccc(-c2cc(Cl)ccc2F)cc1. The van der Waals surface area contributed by atoms with Gasteiger partial charge in [0.15, 0.2) is 0 Å². The van der Waals surface area contributed by atoms with Gasteiger partial charge < -0.3 is 10.5 Å². The summed E-state index contributed by atoms with van der Waals surface area (Å²) in [6.45, 7) is 0.660. The Bertz CT molecular complexity index is 586. The molecule has 2 rings (SSSR count). The van der Waals surface area contributed by atoms with Crippen molar-refractivity contribution in [2.24, 2.45) is 5.73 Å². The fraction of sp³-hybridized carbons (Fsp3) is 0.294. The highest BCUT2D eigenvalue weighted by Gasteiger charge is 2.07. The third kappa shape index (κ3) is 4.53. The third-order valence-corrected chi connectivity index (χ3v) is 3.62. The lowest BCUT2D eigenvalue weighted by atomic mass is 9.99. The maximum absolute atomic E-state index is 13.8. The summed E-state index contributed by atoms with van der Waals surface area (Å²) in [5.74, 6) is -0.274. The maximum atomic E-state index is 13.8. The van der Waals surface area contributed by atoms with Gasteiger partial charge in [-0.25, -0.2) is 4.39 Å². The molecule has 4 heteroatoms. The Morgan fingerprint density at radius 3 is 2.57 bits per heavy atom. The monoisotopic (exact) mass is 307 g/mol. The Kier molecular flexibility index (Phi) is 5.74. The molecule has 2 aromatic carbocycles. The summed E-state index contributed by atoms with van der Waals surface area (Å²) in [6, 6.07) is 12.4. The lowest BCUT2D eigenvalue weighted by molar-refractivity contribution is 0.188. The number of ether oxygens (including phenoxy) is 1. The smallest absolute Gasteiger partial charge is 0.131 e. The molecule has 0 bridgehead atoms. The standard InChI is InChI=1S/C17H19ClFNO/c1-21-9-8-15(20)10-12-2-4-13(5-3-12)16-11-14(18)6-7-17(16)19/h2-7,11,15H,8-10,20H2,1H3/t15-/m0/s1. The van der Waals surface area contributed by atoms with Crippen LogP contribution in [-0.4, -0.2) is 19.8 Å². The van der Waals surface area contributed by atoms with E-state index in [9.17, 15) is 4.39 Å². The summed E-state index contributed by atoms with van der Waals surface area (Å²) in [7, 11) is 1.67. The summed E-state index contributed by atoms with van der Waals surface area (Å²) < 4.78 is 18.8. The van der Waals surface area contributed by atoms with Crippen molar-refractivity contribution in [2.75, 3.05) is 13.7 Å². The van der Waals surface area contributed by atoms with Crippen LogP contribution < -0.4 is 5.73 Å². The summed E-state index contributed by atoms with van der Waals surface area (Å²) >= 11 is 5.92. The molecule has 0 radical (unpaired) electrons. The first-order valence-corrected chi connectivity index (χ1v) is 7.27. The van der Waals surface area contributed by atoms with Crippen molar-refractivity contribution in [3.63, 3.8) is 0 Å². The van der Waals surface area contributed by atoms with E-state index >= 15 is 0 Å². The van der Waals surface area contributed by atoms with Crippen molar-refractivity contribution in [3.05, 3.63) is 58.9 Å². The Balaban J connectivity index is 2.10. The van der Waals surface area contributed by atoms with E-state index in [2.05, 4.69) is 0 Å². The van der Waals surface area contributed by atoms with Crippen LogP contribution in [0.5, 0.6) is 0 Å². The van der Waals surface area contributed by atoms with Gasteiger partial charge in [-0.05, 0) is 42.2 Å². The van der Waals surface area contributed by atoms with Crippen molar-refractivity contribution in [3.8, 4) is 11.1 Å². The lowest BCUT2D eigenvalue weighted by Gasteiger charge is -2.11. The van der Waals surface area contributed by atoms with E-state index in [0.29, 0.717) is 17.2 Å². The molecule has 0 saturated heterocycles. The van der Waals surface area contributed by atoms with Gasteiger partial charge in [-0.1, -0.05) is 35.9 Å². The molecule has 2 N–H and O–H groups in total.